The van der Waals surface area contributed by atoms with Gasteiger partial charge in [0, 0.05) is 13.1 Å². The number of amides is 2. The molecule has 1 aliphatic heterocycles. The molecule has 0 fully saturated rings. The first-order valence-electron chi connectivity index (χ1n) is 8.04. The number of hydrogen-bond acceptors (Lipinski definition) is 3. The van der Waals surface area contributed by atoms with Crippen LogP contribution in [0, 0.1) is 5.41 Å². The van der Waals surface area contributed by atoms with Crippen LogP contribution in [0.2, 0.25) is 0 Å². The third-order valence-electron chi connectivity index (χ3n) is 3.80. The molecule has 2 rings (SSSR count). The molecular weight excluding hydrogens is 312 g/mol. The monoisotopic (exact) mass is 338 g/mol. The van der Waals surface area contributed by atoms with E-state index in [1.54, 1.807) is 6.07 Å². The third-order valence-corrected chi connectivity index (χ3v) is 5.69. The molecule has 0 atom stereocenters. The van der Waals surface area contributed by atoms with Crippen molar-refractivity contribution in [3.8, 4) is 0 Å². The van der Waals surface area contributed by atoms with Crippen LogP contribution in [0.3, 0.4) is 0 Å². The Balaban J connectivity index is 1.87. The molecule has 23 heavy (non-hydrogen) atoms. The molecule has 0 spiro atoms. The lowest BCUT2D eigenvalue weighted by atomic mass is 9.97. The van der Waals surface area contributed by atoms with Gasteiger partial charge in [-0.05, 0) is 41.9 Å². The van der Waals surface area contributed by atoms with E-state index in [-0.39, 0.29) is 17.2 Å². The zero-order valence-electron chi connectivity index (χ0n) is 14.1. The summed E-state index contributed by atoms with van der Waals surface area (Å²) < 4.78 is 24.0. The minimum absolute atomic E-state index is 0.0569. The van der Waals surface area contributed by atoms with Gasteiger partial charge in [-0.1, -0.05) is 32.9 Å². The van der Waals surface area contributed by atoms with E-state index in [0.29, 0.717) is 30.8 Å². The lowest BCUT2D eigenvalue weighted by molar-refractivity contribution is 0.235. The minimum atomic E-state index is -3.09. The zero-order chi connectivity index (χ0) is 17.1. The summed E-state index contributed by atoms with van der Waals surface area (Å²) in [5.41, 5.74) is 2.02. The maximum atomic E-state index is 12.0. The van der Waals surface area contributed by atoms with Gasteiger partial charge >= 0.3 is 6.03 Å². The Bertz CT molecular complexity index is 676. The average molecular weight is 338 g/mol. The van der Waals surface area contributed by atoms with Crippen molar-refractivity contribution in [1.29, 1.82) is 0 Å². The second-order valence-corrected chi connectivity index (χ2v) is 9.36. The second-order valence-electron chi connectivity index (χ2n) is 7.28. The van der Waals surface area contributed by atoms with Crippen molar-refractivity contribution in [3.05, 3.63) is 29.3 Å². The standard InChI is InChI=1S/C17H26N2O3S/c1-17(2,3)12-19-16(20)18-9-8-13-6-7-15-14(11-13)5-4-10-23(15,21)22/h6-7,11H,4-5,8-10,12H2,1-3H3,(H2,18,19,20). The van der Waals surface area contributed by atoms with E-state index in [1.165, 1.54) is 0 Å². The van der Waals surface area contributed by atoms with Gasteiger partial charge in [0.15, 0.2) is 9.84 Å². The molecule has 2 N–H and O–H groups in total. The Morgan fingerprint density at radius 1 is 1.22 bits per heavy atom. The van der Waals surface area contributed by atoms with Gasteiger partial charge in [0.2, 0.25) is 0 Å². The quantitative estimate of drug-likeness (QED) is 0.884. The molecule has 1 heterocycles. The van der Waals surface area contributed by atoms with E-state index in [1.807, 2.05) is 12.1 Å². The molecule has 1 aromatic rings. The van der Waals surface area contributed by atoms with Crippen molar-refractivity contribution in [3.63, 3.8) is 0 Å². The summed E-state index contributed by atoms with van der Waals surface area (Å²) in [5.74, 6) is 0.245. The maximum absolute atomic E-state index is 12.0. The first kappa shape index (κ1) is 17.8. The van der Waals surface area contributed by atoms with Crippen LogP contribution in [0.5, 0.6) is 0 Å². The highest BCUT2D eigenvalue weighted by Gasteiger charge is 2.23. The molecule has 0 saturated carbocycles. The van der Waals surface area contributed by atoms with Crippen molar-refractivity contribution in [2.75, 3.05) is 18.8 Å². The highest BCUT2D eigenvalue weighted by Crippen LogP contribution is 2.25. The summed E-state index contributed by atoms with van der Waals surface area (Å²) in [6.45, 7) is 7.34. The zero-order valence-corrected chi connectivity index (χ0v) is 14.9. The lowest BCUT2D eigenvalue weighted by Gasteiger charge is -2.19. The molecule has 0 aromatic heterocycles. The summed E-state index contributed by atoms with van der Waals surface area (Å²) in [6, 6.07) is 5.34. The molecule has 1 aromatic carbocycles. The van der Waals surface area contributed by atoms with Gasteiger partial charge in [-0.15, -0.1) is 0 Å². The van der Waals surface area contributed by atoms with Gasteiger partial charge in [0.1, 0.15) is 0 Å². The largest absolute Gasteiger partial charge is 0.338 e. The fraction of sp³-hybridized carbons (Fsp3) is 0.588. The van der Waals surface area contributed by atoms with Crippen molar-refractivity contribution in [2.24, 2.45) is 5.41 Å². The van der Waals surface area contributed by atoms with Crippen molar-refractivity contribution >= 4 is 15.9 Å². The van der Waals surface area contributed by atoms with E-state index in [4.69, 9.17) is 0 Å². The number of aryl methyl sites for hydroxylation is 1. The number of benzene rings is 1. The van der Waals surface area contributed by atoms with Crippen LogP contribution in [0.1, 0.15) is 38.3 Å². The number of urea groups is 1. The molecule has 5 nitrogen and oxygen atoms in total. The number of carbonyl (C=O) groups excluding carboxylic acids is 1. The topological polar surface area (TPSA) is 75.3 Å². The van der Waals surface area contributed by atoms with Crippen LogP contribution in [0.15, 0.2) is 23.1 Å². The van der Waals surface area contributed by atoms with E-state index >= 15 is 0 Å². The van der Waals surface area contributed by atoms with Crippen LogP contribution < -0.4 is 10.6 Å². The molecule has 128 valence electrons. The fourth-order valence-corrected chi connectivity index (χ4v) is 4.16. The number of sulfone groups is 1. The summed E-state index contributed by atoms with van der Waals surface area (Å²) in [5, 5.41) is 5.67. The van der Waals surface area contributed by atoms with E-state index in [9.17, 15) is 13.2 Å². The van der Waals surface area contributed by atoms with E-state index in [2.05, 4.69) is 31.4 Å². The Hall–Kier alpha value is -1.56. The predicted octanol–water partition coefficient (Wildman–Crippen LogP) is 2.29. The number of fused-ring (bicyclic) bond motifs is 1. The number of rotatable bonds is 4. The molecule has 0 bridgehead atoms. The summed E-state index contributed by atoms with van der Waals surface area (Å²) in [7, 11) is -3.09. The molecular formula is C17H26N2O3S. The molecule has 0 radical (unpaired) electrons. The normalized spacial score (nSPS) is 16.5. The molecule has 0 unspecified atom stereocenters. The number of hydrogen-bond donors (Lipinski definition) is 2. The lowest BCUT2D eigenvalue weighted by Crippen LogP contribution is -2.40. The van der Waals surface area contributed by atoms with Gasteiger partial charge in [0.05, 0.1) is 10.6 Å². The van der Waals surface area contributed by atoms with Crippen molar-refractivity contribution < 1.29 is 13.2 Å². The summed E-state index contributed by atoms with van der Waals surface area (Å²) in [4.78, 5) is 12.2. The Kier molecular flexibility index (Phi) is 5.34. The smallest absolute Gasteiger partial charge is 0.314 e. The van der Waals surface area contributed by atoms with Crippen LogP contribution in [0.25, 0.3) is 0 Å². The number of nitrogens with one attached hydrogen (secondary N) is 2. The third kappa shape index (κ3) is 5.23. The van der Waals surface area contributed by atoms with Gasteiger partial charge in [0.25, 0.3) is 0 Å². The summed E-state index contributed by atoms with van der Waals surface area (Å²) in [6.07, 6.45) is 2.18. The second kappa shape index (κ2) is 6.91. The van der Waals surface area contributed by atoms with Crippen molar-refractivity contribution in [1.82, 2.24) is 10.6 Å². The molecule has 6 heteroatoms. The highest BCUT2D eigenvalue weighted by atomic mass is 32.2. The fourth-order valence-electron chi connectivity index (χ4n) is 2.58. The van der Waals surface area contributed by atoms with Gasteiger partial charge < -0.3 is 10.6 Å². The summed E-state index contributed by atoms with van der Waals surface area (Å²) >= 11 is 0. The predicted molar refractivity (Wildman–Crippen MR) is 91.4 cm³/mol. The van der Waals surface area contributed by atoms with Crippen molar-refractivity contribution in [2.45, 2.75) is 44.9 Å². The number of carbonyl (C=O) groups is 1. The van der Waals surface area contributed by atoms with Gasteiger partial charge in [-0.3, -0.25) is 0 Å². The molecule has 1 aliphatic rings. The van der Waals surface area contributed by atoms with Crippen LogP contribution in [0.4, 0.5) is 4.79 Å². The van der Waals surface area contributed by atoms with E-state index in [0.717, 1.165) is 17.5 Å². The molecule has 0 saturated heterocycles. The van der Waals surface area contributed by atoms with Crippen LogP contribution in [-0.4, -0.2) is 33.3 Å². The van der Waals surface area contributed by atoms with Gasteiger partial charge in [-0.25, -0.2) is 13.2 Å². The first-order chi connectivity index (χ1) is 10.7. The SMILES string of the molecule is CC(C)(C)CNC(=O)NCCc1ccc2c(c1)CCCS2(=O)=O. The Morgan fingerprint density at radius 3 is 2.65 bits per heavy atom. The molecule has 0 aliphatic carbocycles. The Labute approximate surface area is 138 Å². The average Bonchev–Trinajstić information content (AvgIpc) is 2.44. The Morgan fingerprint density at radius 2 is 1.96 bits per heavy atom. The van der Waals surface area contributed by atoms with Crippen LogP contribution in [-0.2, 0) is 22.7 Å². The molecule has 2 amide bonds. The highest BCUT2D eigenvalue weighted by molar-refractivity contribution is 7.91. The first-order valence-corrected chi connectivity index (χ1v) is 9.69. The van der Waals surface area contributed by atoms with Gasteiger partial charge in [-0.2, -0.15) is 0 Å². The van der Waals surface area contributed by atoms with Crippen LogP contribution >= 0.6 is 0 Å². The maximum Gasteiger partial charge on any atom is 0.314 e. The minimum Gasteiger partial charge on any atom is -0.338 e. The van der Waals surface area contributed by atoms with E-state index < -0.39 is 9.84 Å².